The quantitative estimate of drug-likeness (QED) is 0.566. The lowest BCUT2D eigenvalue weighted by atomic mass is 9.88. The Morgan fingerprint density at radius 2 is 1.65 bits per heavy atom. The maximum absolute atomic E-state index is 9.62. The van der Waals surface area contributed by atoms with Crippen LogP contribution < -0.4 is 0 Å². The van der Waals surface area contributed by atoms with Crippen LogP contribution in [0, 0.1) is 5.92 Å². The molecule has 0 unspecified atom stereocenters. The van der Waals surface area contributed by atoms with Crippen molar-refractivity contribution in [3.63, 3.8) is 0 Å². The van der Waals surface area contributed by atoms with Crippen molar-refractivity contribution in [1.82, 2.24) is 9.80 Å². The summed E-state index contributed by atoms with van der Waals surface area (Å²) in [5, 5.41) is 9.62. The summed E-state index contributed by atoms with van der Waals surface area (Å²) in [6.45, 7) is 18.9. The zero-order valence-corrected chi connectivity index (χ0v) is 20.7. The van der Waals surface area contributed by atoms with E-state index in [0.29, 0.717) is 0 Å². The van der Waals surface area contributed by atoms with Gasteiger partial charge in [-0.05, 0) is 74.9 Å². The lowest BCUT2D eigenvalue weighted by Crippen LogP contribution is -2.41. The van der Waals surface area contributed by atoms with E-state index in [1.807, 2.05) is 52.8 Å². The minimum atomic E-state index is 0.0744. The molecule has 0 amide bonds. The number of nitrogens with zero attached hydrogens (tertiary/aromatic N) is 2. The van der Waals surface area contributed by atoms with Crippen molar-refractivity contribution in [2.24, 2.45) is 5.92 Å². The molecule has 0 aromatic heterocycles. The molecule has 5 rings (SSSR count). The fourth-order valence-electron chi connectivity index (χ4n) is 4.59. The Kier molecular flexibility index (Phi) is 14.1. The number of hydrogen-bond donors (Lipinski definition) is 1. The van der Waals surface area contributed by atoms with E-state index in [0.717, 1.165) is 18.9 Å². The molecular formula is C28H46N2O. The van der Waals surface area contributed by atoms with Crippen molar-refractivity contribution < 1.29 is 5.11 Å². The summed E-state index contributed by atoms with van der Waals surface area (Å²) >= 11 is 0. The van der Waals surface area contributed by atoms with Crippen LogP contribution in [0.25, 0.3) is 0 Å². The first-order chi connectivity index (χ1) is 15.3. The Labute approximate surface area is 192 Å². The van der Waals surface area contributed by atoms with Crippen LogP contribution in [0.1, 0.15) is 71.0 Å². The van der Waals surface area contributed by atoms with Crippen LogP contribution in [0.5, 0.6) is 0 Å². The number of hydrogen-bond acceptors (Lipinski definition) is 3. The summed E-state index contributed by atoms with van der Waals surface area (Å²) in [4.78, 5) is 4.68. The average molecular weight is 427 g/mol. The Morgan fingerprint density at radius 3 is 2.10 bits per heavy atom. The first kappa shape index (κ1) is 27.4. The standard InChI is InChI=1S/C17H21NO.C7H13N.2C2H6/c1-3-7-15(8-4-2)17-16-10-6-5-9-14(16)11-12-18(17)13-19;1-4-8-5-2-7(1)3-6-8;2*1-2/h3-10,17,19H,1,11-13H2,2H3;7H,1-6H2;2*1-2H3/b8-4-,15-7+;;;/t17-;;;/m0.../s1. The van der Waals surface area contributed by atoms with Gasteiger partial charge in [-0.3, -0.25) is 4.90 Å². The highest BCUT2D eigenvalue weighted by atomic mass is 16.3. The molecular weight excluding hydrogens is 380 g/mol. The van der Waals surface area contributed by atoms with Crippen molar-refractivity contribution in [2.75, 3.05) is 32.9 Å². The lowest BCUT2D eigenvalue weighted by Gasteiger charge is -2.38. The minimum absolute atomic E-state index is 0.0744. The normalized spacial score (nSPS) is 24.6. The van der Waals surface area contributed by atoms with E-state index in [9.17, 15) is 5.11 Å². The number of rotatable bonds is 4. The predicted octanol–water partition coefficient (Wildman–Crippen LogP) is 6.38. The first-order valence-corrected chi connectivity index (χ1v) is 12.4. The largest absolute Gasteiger partial charge is 0.381 e. The summed E-state index contributed by atoms with van der Waals surface area (Å²) in [6.07, 6.45) is 13.4. The maximum atomic E-state index is 9.62. The molecule has 1 atom stereocenters. The number of aliphatic hydroxyl groups excluding tert-OH is 1. The smallest absolute Gasteiger partial charge is 0.0964 e. The van der Waals surface area contributed by atoms with Gasteiger partial charge < -0.3 is 10.0 Å². The molecule has 2 bridgehead atoms. The molecule has 4 aliphatic heterocycles. The molecule has 4 heterocycles. The molecule has 3 nitrogen and oxygen atoms in total. The molecule has 3 saturated heterocycles. The van der Waals surface area contributed by atoms with Crippen molar-refractivity contribution in [1.29, 1.82) is 0 Å². The summed E-state index contributed by atoms with van der Waals surface area (Å²) < 4.78 is 0. The van der Waals surface area contributed by atoms with Gasteiger partial charge in [0.05, 0.1) is 12.8 Å². The lowest BCUT2D eigenvalue weighted by molar-refractivity contribution is 0.0754. The average Bonchev–Trinajstić information content (AvgIpc) is 2.87. The molecule has 1 aromatic rings. The third-order valence-corrected chi connectivity index (χ3v) is 6.11. The number of piperidine rings is 3. The molecule has 31 heavy (non-hydrogen) atoms. The Bertz CT molecular complexity index is 648. The topological polar surface area (TPSA) is 26.7 Å². The molecule has 0 saturated carbocycles. The molecule has 1 N–H and O–H groups in total. The summed E-state index contributed by atoms with van der Waals surface area (Å²) in [6, 6.07) is 8.59. The molecule has 0 spiro atoms. The van der Waals surface area contributed by atoms with E-state index in [2.05, 4.69) is 46.7 Å². The maximum Gasteiger partial charge on any atom is 0.0964 e. The summed E-state index contributed by atoms with van der Waals surface area (Å²) in [5.41, 5.74) is 3.82. The zero-order valence-electron chi connectivity index (χ0n) is 20.7. The van der Waals surface area contributed by atoms with Crippen LogP contribution in [0.15, 0.2) is 60.7 Å². The highest BCUT2D eigenvalue weighted by Gasteiger charge is 2.28. The van der Waals surface area contributed by atoms with E-state index in [1.165, 1.54) is 55.6 Å². The van der Waals surface area contributed by atoms with Gasteiger partial charge in [-0.1, -0.05) is 82.8 Å². The number of benzene rings is 1. The van der Waals surface area contributed by atoms with Gasteiger partial charge in [0.15, 0.2) is 0 Å². The van der Waals surface area contributed by atoms with Gasteiger partial charge in [0.2, 0.25) is 0 Å². The van der Waals surface area contributed by atoms with Gasteiger partial charge in [-0.25, -0.2) is 0 Å². The number of allylic oxidation sites excluding steroid dienone is 3. The zero-order chi connectivity index (χ0) is 23.1. The molecule has 3 heteroatoms. The highest BCUT2D eigenvalue weighted by Crippen LogP contribution is 2.35. The molecule has 4 aliphatic rings. The highest BCUT2D eigenvalue weighted by molar-refractivity contribution is 5.42. The van der Waals surface area contributed by atoms with Crippen molar-refractivity contribution in [2.45, 2.75) is 66.3 Å². The van der Waals surface area contributed by atoms with Gasteiger partial charge >= 0.3 is 0 Å². The summed E-state index contributed by atoms with van der Waals surface area (Å²) in [5.74, 6) is 1.11. The van der Waals surface area contributed by atoms with Crippen LogP contribution in [0.3, 0.4) is 0 Å². The second-order valence-electron chi connectivity index (χ2n) is 7.78. The SMILES string of the molecule is C1CN2CCC1CC2.C=C/C=C(\C=C/C)[C@H]1c2ccccc2CCN1CO.CC.CC. The van der Waals surface area contributed by atoms with Crippen molar-refractivity contribution >= 4 is 0 Å². The monoisotopic (exact) mass is 426 g/mol. The van der Waals surface area contributed by atoms with Gasteiger partial charge in [-0.15, -0.1) is 0 Å². The number of aliphatic hydroxyl groups is 1. The fourth-order valence-corrected chi connectivity index (χ4v) is 4.59. The number of fused-ring (bicyclic) bond motifs is 4. The van der Waals surface area contributed by atoms with Crippen LogP contribution in [0.4, 0.5) is 0 Å². The van der Waals surface area contributed by atoms with E-state index in [4.69, 9.17) is 0 Å². The second-order valence-corrected chi connectivity index (χ2v) is 7.78. The Balaban J connectivity index is 0.000000330. The van der Waals surface area contributed by atoms with E-state index >= 15 is 0 Å². The van der Waals surface area contributed by atoms with Crippen LogP contribution >= 0.6 is 0 Å². The van der Waals surface area contributed by atoms with Gasteiger partial charge in [-0.2, -0.15) is 0 Å². The molecule has 0 aliphatic carbocycles. The Morgan fingerprint density at radius 1 is 1.03 bits per heavy atom. The third kappa shape index (κ3) is 8.07. The third-order valence-electron chi connectivity index (χ3n) is 6.11. The van der Waals surface area contributed by atoms with Crippen LogP contribution in [0.2, 0.25) is 0 Å². The molecule has 3 fully saturated rings. The molecule has 174 valence electrons. The first-order valence-electron chi connectivity index (χ1n) is 12.4. The van der Waals surface area contributed by atoms with Crippen molar-refractivity contribution in [3.8, 4) is 0 Å². The summed E-state index contributed by atoms with van der Waals surface area (Å²) in [7, 11) is 0. The minimum Gasteiger partial charge on any atom is -0.381 e. The second kappa shape index (κ2) is 16.0. The van der Waals surface area contributed by atoms with Crippen molar-refractivity contribution in [3.05, 3.63) is 71.8 Å². The molecule has 1 aromatic carbocycles. The van der Waals surface area contributed by atoms with E-state index < -0.39 is 0 Å². The van der Waals surface area contributed by atoms with Gasteiger partial charge in [0.1, 0.15) is 0 Å². The van der Waals surface area contributed by atoms with E-state index in [-0.39, 0.29) is 12.8 Å². The van der Waals surface area contributed by atoms with E-state index in [1.54, 1.807) is 0 Å². The van der Waals surface area contributed by atoms with Crippen LogP contribution in [-0.2, 0) is 6.42 Å². The van der Waals surface area contributed by atoms with Gasteiger partial charge in [0.25, 0.3) is 0 Å². The van der Waals surface area contributed by atoms with Crippen LogP contribution in [-0.4, -0.2) is 47.8 Å². The fraction of sp³-hybridized carbons (Fsp3) is 0.571. The predicted molar refractivity (Wildman–Crippen MR) is 136 cm³/mol. The molecule has 0 radical (unpaired) electrons. The Hall–Kier alpha value is -1.68. The van der Waals surface area contributed by atoms with Gasteiger partial charge in [0, 0.05) is 6.54 Å².